The molecule has 4 rings (SSSR count). The molecule has 1 fully saturated rings. The van der Waals surface area contributed by atoms with Crippen LogP contribution in [0.3, 0.4) is 0 Å². The number of aryl methyl sites for hydroxylation is 1. The van der Waals surface area contributed by atoms with Crippen molar-refractivity contribution in [1.29, 1.82) is 0 Å². The largest absolute Gasteiger partial charge is 0.465 e. The van der Waals surface area contributed by atoms with Gasteiger partial charge in [0, 0.05) is 24.0 Å². The molecule has 1 amide bonds. The summed E-state index contributed by atoms with van der Waals surface area (Å²) in [6.45, 7) is 12.0. The number of anilines is 2. The molecule has 0 radical (unpaired) electrons. The molecule has 1 aromatic carbocycles. The number of nitrogens with zero attached hydrogens (tertiary/aromatic N) is 2. The van der Waals surface area contributed by atoms with Crippen LogP contribution in [0.4, 0.5) is 19.9 Å². The molecule has 1 aromatic heterocycles. The average molecular weight is 571 g/mol. The number of nitrogens with one attached hydrogen (secondary N) is 2. The fourth-order valence-electron chi connectivity index (χ4n) is 3.27. The molecular weight excluding hydrogens is 529 g/mol. The number of Topliss-reactive ketones (excluding diaryl/α,β-unsaturated/α-hetero) is 1. The highest BCUT2D eigenvalue weighted by Crippen LogP contribution is 2.36. The third kappa shape index (κ3) is 9.64. The number of rotatable bonds is 7. The predicted octanol–water partition coefficient (Wildman–Crippen LogP) is 5.77. The molecule has 206 valence electrons. The lowest BCUT2D eigenvalue weighted by Crippen LogP contribution is -2.41. The van der Waals surface area contributed by atoms with Crippen LogP contribution in [0.1, 0.15) is 45.1 Å². The number of ketones is 1. The van der Waals surface area contributed by atoms with Gasteiger partial charge < -0.3 is 15.4 Å². The normalized spacial score (nSPS) is 15.1. The Balaban J connectivity index is 0.000000873. The van der Waals surface area contributed by atoms with E-state index in [1.807, 2.05) is 46.8 Å². The van der Waals surface area contributed by atoms with Crippen molar-refractivity contribution in [2.45, 2.75) is 47.6 Å². The molecule has 3 heterocycles. The quantitative estimate of drug-likeness (QED) is 0.367. The Labute approximate surface area is 228 Å². The van der Waals surface area contributed by atoms with Crippen molar-refractivity contribution in [1.82, 2.24) is 10.4 Å². The third-order valence-corrected chi connectivity index (χ3v) is 7.15. The Morgan fingerprint density at radius 3 is 2.43 bits per heavy atom. The molecule has 0 bridgehead atoms. The number of halogens is 1. The van der Waals surface area contributed by atoms with Crippen LogP contribution in [0.25, 0.3) is 5.70 Å². The van der Waals surface area contributed by atoms with Gasteiger partial charge in [0.2, 0.25) is 0 Å². The van der Waals surface area contributed by atoms with E-state index in [0.717, 1.165) is 16.1 Å². The fraction of sp³-hybridized carbons (Fsp3) is 0.462. The minimum atomic E-state index is -1.00. The van der Waals surface area contributed by atoms with Crippen molar-refractivity contribution in [3.05, 3.63) is 46.6 Å². The number of thiophene rings is 1. The molecule has 2 aliphatic heterocycles. The molecular formula is C26H41FN4O3P2S. The molecule has 2 unspecified atom stereocenters. The first-order chi connectivity index (χ1) is 17.7. The van der Waals surface area contributed by atoms with E-state index < -0.39 is 18.0 Å². The summed E-state index contributed by atoms with van der Waals surface area (Å²) in [5.41, 5.74) is 5.06. The van der Waals surface area contributed by atoms with Gasteiger partial charge in [0.1, 0.15) is 16.9 Å². The van der Waals surface area contributed by atoms with Crippen LogP contribution in [0, 0.1) is 12.7 Å². The third-order valence-electron chi connectivity index (χ3n) is 5.09. The van der Waals surface area contributed by atoms with Crippen LogP contribution in [0.2, 0.25) is 0 Å². The second-order valence-electron chi connectivity index (χ2n) is 7.57. The summed E-state index contributed by atoms with van der Waals surface area (Å²) in [6, 6.07) is 5.95. The van der Waals surface area contributed by atoms with E-state index >= 15 is 0 Å². The fourth-order valence-corrected chi connectivity index (χ4v) is 4.70. The Bertz CT molecular complexity index is 1040. The predicted molar refractivity (Wildman–Crippen MR) is 163 cm³/mol. The second-order valence-corrected chi connectivity index (χ2v) is 10.9. The van der Waals surface area contributed by atoms with Crippen molar-refractivity contribution in [2.24, 2.45) is 0 Å². The SMILES string of the molecule is C1CP1.CC.CC.CCN(C(=O)O)c1cc(C2=CC(C(=O)CNc3c(F)cccc3P)NN2C)c(C)s1. The van der Waals surface area contributed by atoms with Gasteiger partial charge in [-0.2, -0.15) is 0 Å². The summed E-state index contributed by atoms with van der Waals surface area (Å²) < 4.78 is 14.0. The Morgan fingerprint density at radius 1 is 1.30 bits per heavy atom. The molecule has 0 aliphatic carbocycles. The highest BCUT2D eigenvalue weighted by molar-refractivity contribution is 7.46. The van der Waals surface area contributed by atoms with E-state index in [1.165, 1.54) is 43.2 Å². The van der Waals surface area contributed by atoms with Gasteiger partial charge in [-0.05, 0) is 49.7 Å². The van der Waals surface area contributed by atoms with Gasteiger partial charge in [0.25, 0.3) is 0 Å². The number of hydrogen-bond donors (Lipinski definition) is 3. The van der Waals surface area contributed by atoms with Crippen molar-refractivity contribution >= 4 is 62.7 Å². The van der Waals surface area contributed by atoms with E-state index in [-0.39, 0.29) is 18.0 Å². The van der Waals surface area contributed by atoms with Gasteiger partial charge in [-0.15, -0.1) is 29.2 Å². The van der Waals surface area contributed by atoms with E-state index in [4.69, 9.17) is 0 Å². The lowest BCUT2D eigenvalue weighted by molar-refractivity contribution is -0.118. The van der Waals surface area contributed by atoms with Crippen LogP contribution in [0.15, 0.2) is 30.3 Å². The number of benzene rings is 1. The number of amides is 1. The molecule has 11 heteroatoms. The topological polar surface area (TPSA) is 84.9 Å². The molecule has 7 nitrogen and oxygen atoms in total. The van der Waals surface area contributed by atoms with Crippen molar-refractivity contribution in [2.75, 3.05) is 42.7 Å². The van der Waals surface area contributed by atoms with Gasteiger partial charge in [-0.1, -0.05) is 39.8 Å². The smallest absolute Gasteiger partial charge is 0.412 e. The van der Waals surface area contributed by atoms with E-state index in [0.29, 0.717) is 16.9 Å². The minimum absolute atomic E-state index is 0.0336. The van der Waals surface area contributed by atoms with E-state index in [2.05, 4.69) is 20.0 Å². The molecule has 0 spiro atoms. The van der Waals surface area contributed by atoms with E-state index in [9.17, 15) is 19.1 Å². The first-order valence-corrected chi connectivity index (χ1v) is 15.4. The van der Waals surface area contributed by atoms with Crippen molar-refractivity contribution in [3.8, 4) is 0 Å². The average Bonchev–Trinajstić information content (AvgIpc) is 3.65. The Morgan fingerprint density at radius 2 is 1.92 bits per heavy atom. The first-order valence-electron chi connectivity index (χ1n) is 12.6. The molecule has 37 heavy (non-hydrogen) atoms. The zero-order chi connectivity index (χ0) is 28.1. The maximum absolute atomic E-state index is 14.0. The lowest BCUT2D eigenvalue weighted by atomic mass is 10.1. The first kappa shape index (κ1) is 33.0. The van der Waals surface area contributed by atoms with Crippen LogP contribution in [0.5, 0.6) is 0 Å². The summed E-state index contributed by atoms with van der Waals surface area (Å²) in [5.74, 6) is -0.554. The lowest BCUT2D eigenvalue weighted by Gasteiger charge is -2.18. The monoisotopic (exact) mass is 570 g/mol. The van der Waals surface area contributed by atoms with E-state index in [1.54, 1.807) is 31.1 Å². The minimum Gasteiger partial charge on any atom is -0.465 e. The molecule has 2 atom stereocenters. The molecule has 1 saturated heterocycles. The Kier molecular flexibility index (Phi) is 14.9. The van der Waals surface area contributed by atoms with Gasteiger partial charge in [0.05, 0.1) is 17.9 Å². The second kappa shape index (κ2) is 16.7. The number of hydrazine groups is 1. The zero-order valence-electron chi connectivity index (χ0n) is 22.8. The van der Waals surface area contributed by atoms with Gasteiger partial charge in [-0.3, -0.25) is 9.69 Å². The van der Waals surface area contributed by atoms with Crippen molar-refractivity contribution in [3.63, 3.8) is 0 Å². The number of hydrogen-bond acceptors (Lipinski definition) is 6. The van der Waals surface area contributed by atoms with Crippen LogP contribution in [-0.2, 0) is 4.79 Å². The van der Waals surface area contributed by atoms with Crippen LogP contribution < -0.4 is 20.9 Å². The zero-order valence-corrected chi connectivity index (χ0v) is 25.8. The summed E-state index contributed by atoms with van der Waals surface area (Å²) >= 11 is 1.39. The number of para-hydroxylation sites is 1. The molecule has 0 saturated carbocycles. The summed E-state index contributed by atoms with van der Waals surface area (Å²) in [7, 11) is 5.58. The standard InChI is InChI=1S/C20H24FN4O3PS.C2H5P.2C2H6/c1-4-25(20(27)28)18-8-12(11(2)30-18)15-9-14(23-24(15)3)16(26)10-22-19-13(21)6-5-7-17(19)29;1-2-3-1;2*1-2/h5-9,14,22-23H,4,10,29H2,1-3H3,(H,27,28);3H,1-2H2;2*1-2H3. The highest BCUT2D eigenvalue weighted by atomic mass is 32.1. The maximum Gasteiger partial charge on any atom is 0.412 e. The van der Waals surface area contributed by atoms with Gasteiger partial charge in [-0.25, -0.2) is 14.6 Å². The van der Waals surface area contributed by atoms with Gasteiger partial charge in [0.15, 0.2) is 5.78 Å². The van der Waals surface area contributed by atoms with Gasteiger partial charge >= 0.3 is 6.09 Å². The summed E-state index contributed by atoms with van der Waals surface area (Å²) in [6.07, 6.45) is 3.86. The molecule has 2 aliphatic rings. The molecule has 2 aromatic rings. The van der Waals surface area contributed by atoms with Crippen LogP contribution in [-0.4, -0.2) is 60.5 Å². The Hall–Kier alpha value is -2.05. The number of carboxylic acid groups (broad SMARTS) is 1. The van der Waals surface area contributed by atoms with Crippen LogP contribution >= 0.6 is 29.2 Å². The number of carbonyl (C=O) groups is 2. The maximum atomic E-state index is 14.0. The van der Waals surface area contributed by atoms with Crippen molar-refractivity contribution < 1.29 is 19.1 Å². The summed E-state index contributed by atoms with van der Waals surface area (Å²) in [5, 5.41) is 15.3. The summed E-state index contributed by atoms with van der Waals surface area (Å²) in [4.78, 5) is 26.4. The highest BCUT2D eigenvalue weighted by Gasteiger charge is 2.29. The number of carbonyl (C=O) groups excluding carboxylic acids is 1. The molecule has 3 N–H and O–H groups in total.